The van der Waals surface area contributed by atoms with Crippen LogP contribution in [0.5, 0.6) is 0 Å². The Bertz CT molecular complexity index is 548. The summed E-state index contributed by atoms with van der Waals surface area (Å²) < 4.78 is 7.88. The summed E-state index contributed by atoms with van der Waals surface area (Å²) in [6.07, 6.45) is 7.73. The van der Waals surface area contributed by atoms with Crippen molar-refractivity contribution in [2.24, 2.45) is 5.16 Å². The summed E-state index contributed by atoms with van der Waals surface area (Å²) in [6.45, 7) is 0.540. The third kappa shape index (κ3) is 2.76. The Morgan fingerprint density at radius 1 is 1.37 bits per heavy atom. The summed E-state index contributed by atoms with van der Waals surface area (Å²) in [5.74, 6) is 0. The predicted molar refractivity (Wildman–Crippen MR) is 71.5 cm³/mol. The fourth-order valence-corrected chi connectivity index (χ4v) is 2.45. The van der Waals surface area contributed by atoms with E-state index in [1.165, 1.54) is 0 Å². The zero-order valence-corrected chi connectivity index (χ0v) is 10.7. The highest BCUT2D eigenvalue weighted by molar-refractivity contribution is 5.84. The van der Waals surface area contributed by atoms with Crippen LogP contribution in [0, 0.1) is 0 Å². The number of fused-ring (bicyclic) bond motifs is 1. The van der Waals surface area contributed by atoms with Crippen LogP contribution in [-0.4, -0.2) is 26.4 Å². The van der Waals surface area contributed by atoms with Crippen LogP contribution in [0.4, 0.5) is 0 Å². The van der Waals surface area contributed by atoms with Crippen LogP contribution < -0.4 is 0 Å². The van der Waals surface area contributed by atoms with Gasteiger partial charge in [0.25, 0.3) is 0 Å². The summed E-state index contributed by atoms with van der Waals surface area (Å²) in [5.41, 5.74) is 2.78. The number of rotatable bonds is 3. The molecule has 2 heterocycles. The van der Waals surface area contributed by atoms with E-state index >= 15 is 0 Å². The van der Waals surface area contributed by atoms with Gasteiger partial charge in [0.05, 0.1) is 24.1 Å². The van der Waals surface area contributed by atoms with Gasteiger partial charge in [0, 0.05) is 12.4 Å². The van der Waals surface area contributed by atoms with Crippen LogP contribution in [0.1, 0.15) is 31.4 Å². The molecule has 0 amide bonds. The van der Waals surface area contributed by atoms with Crippen molar-refractivity contribution in [3.63, 3.8) is 0 Å². The molecule has 0 bridgehead atoms. The van der Waals surface area contributed by atoms with Crippen molar-refractivity contribution in [1.82, 2.24) is 9.38 Å². The molecule has 2 aromatic rings. The Morgan fingerprint density at radius 3 is 2.95 bits per heavy atom. The normalized spacial score (nSPS) is 19.8. The molecule has 5 nitrogen and oxygen atoms in total. The first-order valence-corrected chi connectivity index (χ1v) is 6.59. The summed E-state index contributed by atoms with van der Waals surface area (Å²) >= 11 is 0. The number of hydrogen-bond acceptors (Lipinski definition) is 4. The molecule has 2 aromatic heterocycles. The van der Waals surface area contributed by atoms with Crippen molar-refractivity contribution in [3.05, 3.63) is 36.3 Å². The minimum Gasteiger partial charge on any atom is -0.411 e. The molecule has 0 radical (unpaired) electrons. The molecule has 19 heavy (non-hydrogen) atoms. The van der Waals surface area contributed by atoms with Gasteiger partial charge in [0.1, 0.15) is 5.65 Å². The number of ether oxygens (including phenoxy) is 1. The fourth-order valence-electron chi connectivity index (χ4n) is 2.45. The van der Waals surface area contributed by atoms with E-state index in [1.807, 2.05) is 35.0 Å². The highest BCUT2D eigenvalue weighted by Gasteiger charge is 2.18. The fraction of sp³-hybridized carbons (Fsp3) is 0.429. The van der Waals surface area contributed by atoms with Crippen LogP contribution in [0.15, 0.2) is 35.7 Å². The molecule has 1 N–H and O–H groups in total. The second-order valence-corrected chi connectivity index (χ2v) is 4.87. The lowest BCUT2D eigenvalue weighted by molar-refractivity contribution is 0.0262. The molecular weight excluding hydrogens is 242 g/mol. The molecule has 5 heteroatoms. The van der Waals surface area contributed by atoms with Crippen molar-refractivity contribution in [1.29, 1.82) is 0 Å². The zero-order chi connectivity index (χ0) is 13.1. The second kappa shape index (κ2) is 5.40. The van der Waals surface area contributed by atoms with Gasteiger partial charge in [-0.1, -0.05) is 11.2 Å². The van der Waals surface area contributed by atoms with E-state index in [2.05, 4.69) is 10.1 Å². The first-order valence-electron chi connectivity index (χ1n) is 6.59. The van der Waals surface area contributed by atoms with Crippen molar-refractivity contribution in [2.75, 3.05) is 0 Å². The lowest BCUT2D eigenvalue weighted by Gasteiger charge is -2.22. The van der Waals surface area contributed by atoms with Gasteiger partial charge in [0.2, 0.25) is 0 Å². The van der Waals surface area contributed by atoms with Gasteiger partial charge in [-0.2, -0.15) is 0 Å². The number of imidazole rings is 1. The standard InChI is InChI=1S/C14H17N3O2/c18-16-11-4-6-13(7-5-11)19-10-12-9-17-8-2-1-3-14(17)15-12/h1-3,8-9,13,18H,4-7,10H2. The van der Waals surface area contributed by atoms with E-state index in [1.54, 1.807) is 0 Å². The minimum absolute atomic E-state index is 0.246. The number of aromatic nitrogens is 2. The maximum Gasteiger partial charge on any atom is 0.137 e. The quantitative estimate of drug-likeness (QED) is 0.681. The number of oxime groups is 1. The van der Waals surface area contributed by atoms with Crippen LogP contribution >= 0.6 is 0 Å². The minimum atomic E-state index is 0.246. The Morgan fingerprint density at radius 2 is 2.21 bits per heavy atom. The highest BCUT2D eigenvalue weighted by Crippen LogP contribution is 2.20. The molecule has 1 aliphatic rings. The predicted octanol–water partition coefficient (Wildman–Crippen LogP) is 2.62. The van der Waals surface area contributed by atoms with Crippen LogP contribution in [0.25, 0.3) is 5.65 Å². The summed E-state index contributed by atoms with van der Waals surface area (Å²) in [7, 11) is 0. The maximum absolute atomic E-state index is 8.70. The Hall–Kier alpha value is -1.88. The van der Waals surface area contributed by atoms with E-state index in [0.29, 0.717) is 6.61 Å². The molecule has 1 fully saturated rings. The molecule has 1 aliphatic carbocycles. The number of nitrogens with zero attached hydrogens (tertiary/aromatic N) is 3. The van der Waals surface area contributed by atoms with Gasteiger partial charge >= 0.3 is 0 Å². The molecule has 0 saturated heterocycles. The molecule has 0 aliphatic heterocycles. The lowest BCUT2D eigenvalue weighted by Crippen LogP contribution is -2.21. The molecular formula is C14H17N3O2. The molecule has 0 aromatic carbocycles. The largest absolute Gasteiger partial charge is 0.411 e. The number of hydrogen-bond donors (Lipinski definition) is 1. The maximum atomic E-state index is 8.70. The SMILES string of the molecule is ON=C1CCC(OCc2cn3ccccc3n2)CC1. The van der Waals surface area contributed by atoms with E-state index in [9.17, 15) is 0 Å². The van der Waals surface area contributed by atoms with Gasteiger partial charge in [-0.05, 0) is 37.8 Å². The van der Waals surface area contributed by atoms with E-state index < -0.39 is 0 Å². The summed E-state index contributed by atoms with van der Waals surface area (Å²) in [6, 6.07) is 5.94. The Labute approximate surface area is 111 Å². The average molecular weight is 259 g/mol. The van der Waals surface area contributed by atoms with Crippen LogP contribution in [-0.2, 0) is 11.3 Å². The smallest absolute Gasteiger partial charge is 0.137 e. The van der Waals surface area contributed by atoms with E-state index in [-0.39, 0.29) is 6.10 Å². The average Bonchev–Trinajstić information content (AvgIpc) is 2.88. The second-order valence-electron chi connectivity index (χ2n) is 4.87. The molecule has 0 unspecified atom stereocenters. The van der Waals surface area contributed by atoms with Crippen molar-refractivity contribution >= 4 is 11.4 Å². The van der Waals surface area contributed by atoms with Crippen molar-refractivity contribution < 1.29 is 9.94 Å². The summed E-state index contributed by atoms with van der Waals surface area (Å²) in [4.78, 5) is 4.50. The van der Waals surface area contributed by atoms with Crippen LogP contribution in [0.3, 0.4) is 0 Å². The molecule has 3 rings (SSSR count). The Kier molecular flexibility index (Phi) is 3.46. The zero-order valence-electron chi connectivity index (χ0n) is 10.7. The van der Waals surface area contributed by atoms with E-state index in [4.69, 9.17) is 9.94 Å². The highest BCUT2D eigenvalue weighted by atomic mass is 16.5. The monoisotopic (exact) mass is 259 g/mol. The lowest BCUT2D eigenvalue weighted by atomic mass is 9.96. The van der Waals surface area contributed by atoms with Crippen molar-refractivity contribution in [2.45, 2.75) is 38.4 Å². The van der Waals surface area contributed by atoms with Crippen molar-refractivity contribution in [3.8, 4) is 0 Å². The van der Waals surface area contributed by atoms with Gasteiger partial charge in [-0.15, -0.1) is 0 Å². The van der Waals surface area contributed by atoms with Gasteiger partial charge in [-0.25, -0.2) is 4.98 Å². The Balaban J connectivity index is 1.57. The number of pyridine rings is 1. The molecule has 100 valence electrons. The first kappa shape index (κ1) is 12.2. The molecule has 0 atom stereocenters. The third-order valence-corrected chi connectivity index (χ3v) is 3.53. The van der Waals surface area contributed by atoms with Gasteiger partial charge < -0.3 is 14.3 Å². The van der Waals surface area contributed by atoms with E-state index in [0.717, 1.165) is 42.7 Å². The third-order valence-electron chi connectivity index (χ3n) is 3.53. The topological polar surface area (TPSA) is 59.1 Å². The van der Waals surface area contributed by atoms with Gasteiger partial charge in [0.15, 0.2) is 0 Å². The van der Waals surface area contributed by atoms with Gasteiger partial charge in [-0.3, -0.25) is 0 Å². The molecule has 0 spiro atoms. The van der Waals surface area contributed by atoms with Crippen LogP contribution in [0.2, 0.25) is 0 Å². The summed E-state index contributed by atoms with van der Waals surface area (Å²) in [5, 5.41) is 12.0. The molecule has 1 saturated carbocycles. The first-order chi connectivity index (χ1) is 9.35.